The van der Waals surface area contributed by atoms with Gasteiger partial charge in [0.1, 0.15) is 11.4 Å². The van der Waals surface area contributed by atoms with Crippen LogP contribution in [0.2, 0.25) is 5.02 Å². The van der Waals surface area contributed by atoms with Crippen molar-refractivity contribution in [3.05, 3.63) is 76.7 Å². The van der Waals surface area contributed by atoms with Crippen LogP contribution in [0.4, 0.5) is 17.5 Å². The maximum atomic E-state index is 11.7. The van der Waals surface area contributed by atoms with E-state index < -0.39 is 0 Å². The van der Waals surface area contributed by atoms with E-state index in [1.807, 2.05) is 37.3 Å². The predicted octanol–water partition coefficient (Wildman–Crippen LogP) is 3.65. The lowest BCUT2D eigenvalue weighted by Crippen LogP contribution is -2.18. The van der Waals surface area contributed by atoms with Crippen molar-refractivity contribution in [2.75, 3.05) is 24.7 Å². The Morgan fingerprint density at radius 3 is 2.54 bits per heavy atom. The number of nitrogens with zero attached hydrogens (tertiary/aromatic N) is 4. The first-order valence-corrected chi connectivity index (χ1v) is 11.2. The second kappa shape index (κ2) is 12.4. The van der Waals surface area contributed by atoms with Gasteiger partial charge < -0.3 is 26.0 Å². The lowest BCUT2D eigenvalue weighted by Gasteiger charge is -2.09. The Bertz CT molecular complexity index is 1270. The van der Waals surface area contributed by atoms with Gasteiger partial charge in [0.25, 0.3) is 11.8 Å². The minimum absolute atomic E-state index is 0.196. The standard InChI is InChI=1S/C16H16ClN7O2.C8H10O/c1-3-12-22-15(26-24-12)10-7-20-16(23-13(10)18)21-8-4-5-9(11(17)6-8)14(25)19-2;9-7-6-8-4-2-1-3-5-8/h4-7H,3H2,1-2H3,(H,19,25)(H3,18,20,21,23);1-5,9H,6-7H2. The van der Waals surface area contributed by atoms with Gasteiger partial charge in [-0.05, 0) is 30.2 Å². The summed E-state index contributed by atoms with van der Waals surface area (Å²) in [7, 11) is 1.54. The highest BCUT2D eigenvalue weighted by Gasteiger charge is 2.14. The summed E-state index contributed by atoms with van der Waals surface area (Å²) in [6.45, 7) is 2.16. The number of aliphatic hydroxyl groups excluding tert-OH is 1. The van der Waals surface area contributed by atoms with Gasteiger partial charge in [0.2, 0.25) is 5.95 Å². The van der Waals surface area contributed by atoms with Crippen LogP contribution in [-0.2, 0) is 12.8 Å². The zero-order valence-corrected chi connectivity index (χ0v) is 20.1. The Labute approximate surface area is 207 Å². The fraction of sp³-hybridized carbons (Fsp3) is 0.208. The van der Waals surface area contributed by atoms with E-state index in [1.165, 1.54) is 18.8 Å². The van der Waals surface area contributed by atoms with Crippen molar-refractivity contribution in [3.8, 4) is 11.5 Å². The number of nitrogens with one attached hydrogen (secondary N) is 2. The number of benzene rings is 2. The molecule has 2 heterocycles. The molecule has 2 aromatic heterocycles. The number of aryl methyl sites for hydroxylation is 1. The number of rotatable bonds is 7. The van der Waals surface area contributed by atoms with Crippen LogP contribution in [0.1, 0.15) is 28.7 Å². The molecule has 10 nitrogen and oxygen atoms in total. The molecule has 1 amide bonds. The number of halogens is 1. The number of aliphatic hydroxyl groups is 1. The van der Waals surface area contributed by atoms with Crippen molar-refractivity contribution in [2.45, 2.75) is 19.8 Å². The first kappa shape index (κ1) is 25.6. The van der Waals surface area contributed by atoms with Crippen LogP contribution < -0.4 is 16.4 Å². The summed E-state index contributed by atoms with van der Waals surface area (Å²) in [5, 5.41) is 18.1. The van der Waals surface area contributed by atoms with E-state index in [0.717, 1.165) is 6.42 Å². The van der Waals surface area contributed by atoms with Gasteiger partial charge in [0.15, 0.2) is 5.82 Å². The van der Waals surface area contributed by atoms with E-state index in [-0.39, 0.29) is 30.2 Å². The third kappa shape index (κ3) is 6.98. The number of amides is 1. The second-order valence-electron chi connectivity index (χ2n) is 7.22. The summed E-state index contributed by atoms with van der Waals surface area (Å²) < 4.78 is 5.15. The Morgan fingerprint density at radius 1 is 1.17 bits per heavy atom. The van der Waals surface area contributed by atoms with Crippen molar-refractivity contribution < 1.29 is 14.4 Å². The van der Waals surface area contributed by atoms with Gasteiger partial charge in [-0.1, -0.05) is 54.0 Å². The maximum Gasteiger partial charge on any atom is 0.263 e. The molecule has 0 unspecified atom stereocenters. The molecule has 5 N–H and O–H groups in total. The van der Waals surface area contributed by atoms with Crippen molar-refractivity contribution in [2.24, 2.45) is 0 Å². The van der Waals surface area contributed by atoms with Gasteiger partial charge >= 0.3 is 0 Å². The number of nitrogen functional groups attached to an aromatic ring is 1. The summed E-state index contributed by atoms with van der Waals surface area (Å²) in [5.74, 6) is 1.04. The van der Waals surface area contributed by atoms with Crippen molar-refractivity contribution in [3.63, 3.8) is 0 Å². The van der Waals surface area contributed by atoms with Crippen LogP contribution in [0, 0.1) is 0 Å². The normalized spacial score (nSPS) is 10.3. The molecule has 4 aromatic rings. The molecular weight excluding hydrogens is 470 g/mol. The molecule has 0 fully saturated rings. The predicted molar refractivity (Wildman–Crippen MR) is 134 cm³/mol. The molecule has 2 aromatic carbocycles. The Hall–Kier alpha value is -4.02. The molecule has 0 bridgehead atoms. The molecule has 0 atom stereocenters. The van der Waals surface area contributed by atoms with E-state index in [1.54, 1.807) is 18.2 Å². The minimum Gasteiger partial charge on any atom is -0.396 e. The maximum absolute atomic E-state index is 11.7. The number of hydrogen-bond donors (Lipinski definition) is 4. The second-order valence-corrected chi connectivity index (χ2v) is 7.63. The van der Waals surface area contributed by atoms with Gasteiger partial charge in [0, 0.05) is 32.0 Å². The number of aromatic nitrogens is 4. The van der Waals surface area contributed by atoms with Crippen molar-refractivity contribution in [1.82, 2.24) is 25.4 Å². The van der Waals surface area contributed by atoms with Gasteiger partial charge in [0.05, 0.1) is 10.6 Å². The lowest BCUT2D eigenvalue weighted by atomic mass is 10.2. The number of anilines is 3. The van der Waals surface area contributed by atoms with Gasteiger partial charge in [-0.15, -0.1) is 0 Å². The topological polar surface area (TPSA) is 152 Å². The highest BCUT2D eigenvalue weighted by atomic mass is 35.5. The Kier molecular flexibility index (Phi) is 9.10. The first-order chi connectivity index (χ1) is 16.9. The van der Waals surface area contributed by atoms with Crippen LogP contribution >= 0.6 is 11.6 Å². The SMILES string of the molecule is CCc1noc(-c2cnc(Nc3ccc(C(=O)NC)c(Cl)c3)nc2N)n1.OCCc1ccccc1. The van der Waals surface area contributed by atoms with Crippen LogP contribution in [0.5, 0.6) is 0 Å². The van der Waals surface area contributed by atoms with Crippen molar-refractivity contribution >= 4 is 35.0 Å². The first-order valence-electron chi connectivity index (χ1n) is 10.8. The highest BCUT2D eigenvalue weighted by molar-refractivity contribution is 6.34. The Balaban J connectivity index is 0.000000320. The lowest BCUT2D eigenvalue weighted by molar-refractivity contribution is 0.0963. The molecule has 0 aliphatic heterocycles. The van der Waals surface area contributed by atoms with Crippen LogP contribution in [0.25, 0.3) is 11.5 Å². The molecule has 0 saturated heterocycles. The van der Waals surface area contributed by atoms with Gasteiger partial charge in [-0.25, -0.2) is 4.98 Å². The highest BCUT2D eigenvalue weighted by Crippen LogP contribution is 2.26. The number of nitrogens with two attached hydrogens (primary N) is 1. The monoisotopic (exact) mass is 495 g/mol. The largest absolute Gasteiger partial charge is 0.396 e. The van der Waals surface area contributed by atoms with Crippen LogP contribution in [-0.4, -0.2) is 44.8 Å². The van der Waals surface area contributed by atoms with Crippen LogP contribution in [0.15, 0.2) is 59.3 Å². The molecule has 182 valence electrons. The average Bonchev–Trinajstić information content (AvgIpc) is 3.34. The van der Waals surface area contributed by atoms with E-state index in [4.69, 9.17) is 27.0 Å². The third-order valence-electron chi connectivity index (χ3n) is 4.77. The third-order valence-corrected chi connectivity index (χ3v) is 5.09. The molecule has 0 aliphatic rings. The molecule has 0 aliphatic carbocycles. The molecule has 0 spiro atoms. The average molecular weight is 496 g/mol. The molecule has 4 rings (SSSR count). The number of carbonyl (C=O) groups excluding carboxylic acids is 1. The van der Waals surface area contributed by atoms with E-state index in [0.29, 0.717) is 34.1 Å². The minimum atomic E-state index is -0.266. The molecule has 0 radical (unpaired) electrons. The summed E-state index contributed by atoms with van der Waals surface area (Å²) in [5.41, 5.74) is 8.61. The molecule has 35 heavy (non-hydrogen) atoms. The summed E-state index contributed by atoms with van der Waals surface area (Å²) in [6, 6.07) is 14.8. The fourth-order valence-electron chi connectivity index (χ4n) is 2.94. The zero-order chi connectivity index (χ0) is 25.2. The van der Waals surface area contributed by atoms with Crippen LogP contribution in [0.3, 0.4) is 0 Å². The fourth-order valence-corrected chi connectivity index (χ4v) is 3.21. The van der Waals surface area contributed by atoms with E-state index >= 15 is 0 Å². The summed E-state index contributed by atoms with van der Waals surface area (Å²) >= 11 is 6.13. The zero-order valence-electron chi connectivity index (χ0n) is 19.3. The van der Waals surface area contributed by atoms with Crippen molar-refractivity contribution in [1.29, 1.82) is 0 Å². The van der Waals surface area contributed by atoms with E-state index in [9.17, 15) is 4.79 Å². The Morgan fingerprint density at radius 2 is 1.94 bits per heavy atom. The molecule has 0 saturated carbocycles. The van der Waals surface area contributed by atoms with Gasteiger partial charge in [-0.2, -0.15) is 9.97 Å². The van der Waals surface area contributed by atoms with E-state index in [2.05, 4.69) is 30.7 Å². The summed E-state index contributed by atoms with van der Waals surface area (Å²) in [4.78, 5) is 24.3. The quantitative estimate of drug-likeness (QED) is 0.301. The molecule has 11 heteroatoms. The van der Waals surface area contributed by atoms with Gasteiger partial charge in [-0.3, -0.25) is 4.79 Å². The molecular formula is C24H26ClN7O3. The number of carbonyl (C=O) groups is 1. The smallest absolute Gasteiger partial charge is 0.263 e. The number of hydrogen-bond acceptors (Lipinski definition) is 9. The summed E-state index contributed by atoms with van der Waals surface area (Å²) in [6.07, 6.45) is 2.91.